The Hall–Kier alpha value is -1.32. The number of aromatic nitrogens is 1. The van der Waals surface area contributed by atoms with Crippen LogP contribution in [0.3, 0.4) is 0 Å². The zero-order valence-corrected chi connectivity index (χ0v) is 12.8. The molecule has 0 unspecified atom stereocenters. The first kappa shape index (κ1) is 15.7. The number of halogens is 2. The predicted molar refractivity (Wildman–Crippen MR) is 79.8 cm³/mol. The SMILES string of the molecule is CC.COc1cc2c(Cl)c(C=O)c(Cl)nc2cc1C. The van der Waals surface area contributed by atoms with E-state index in [2.05, 4.69) is 4.98 Å². The minimum atomic E-state index is 0.113. The van der Waals surface area contributed by atoms with Gasteiger partial charge in [0.05, 0.1) is 23.2 Å². The highest BCUT2D eigenvalue weighted by atomic mass is 35.5. The fraction of sp³-hybridized carbons (Fsp3) is 0.286. The number of aldehydes is 1. The van der Waals surface area contributed by atoms with Crippen LogP contribution in [-0.4, -0.2) is 18.4 Å². The third-order valence-electron chi connectivity index (χ3n) is 2.54. The van der Waals surface area contributed by atoms with Crippen LogP contribution >= 0.6 is 23.2 Å². The summed E-state index contributed by atoms with van der Waals surface area (Å²) in [6.45, 7) is 5.90. The molecule has 0 aliphatic rings. The van der Waals surface area contributed by atoms with Gasteiger partial charge in [0, 0.05) is 5.39 Å². The van der Waals surface area contributed by atoms with Crippen LogP contribution in [0.5, 0.6) is 5.75 Å². The van der Waals surface area contributed by atoms with E-state index in [1.807, 2.05) is 26.8 Å². The lowest BCUT2D eigenvalue weighted by atomic mass is 10.1. The second-order valence-electron chi connectivity index (χ2n) is 3.59. The maximum atomic E-state index is 10.9. The standard InChI is InChI=1S/C12H9Cl2NO2.C2H6/c1-6-3-9-7(4-10(6)17-2)11(13)8(5-16)12(14)15-9;1-2/h3-5H,1-2H3;1-2H3. The van der Waals surface area contributed by atoms with Crippen LogP contribution in [0.2, 0.25) is 10.2 Å². The van der Waals surface area contributed by atoms with Gasteiger partial charge in [0.2, 0.25) is 0 Å². The fourth-order valence-electron chi connectivity index (χ4n) is 1.66. The maximum Gasteiger partial charge on any atom is 0.154 e. The summed E-state index contributed by atoms with van der Waals surface area (Å²) in [5, 5.41) is 1.07. The number of fused-ring (bicyclic) bond motifs is 1. The number of hydrogen-bond acceptors (Lipinski definition) is 3. The van der Waals surface area contributed by atoms with Gasteiger partial charge in [-0.3, -0.25) is 4.79 Å². The van der Waals surface area contributed by atoms with Crippen molar-refractivity contribution < 1.29 is 9.53 Å². The maximum absolute atomic E-state index is 10.9. The molecule has 0 aliphatic carbocycles. The third kappa shape index (κ3) is 2.99. The lowest BCUT2D eigenvalue weighted by molar-refractivity contribution is 0.112. The van der Waals surface area contributed by atoms with Crippen molar-refractivity contribution in [3.63, 3.8) is 0 Å². The number of nitrogens with zero attached hydrogens (tertiary/aromatic N) is 1. The lowest BCUT2D eigenvalue weighted by Gasteiger charge is -2.09. The minimum Gasteiger partial charge on any atom is -0.496 e. The molecule has 0 radical (unpaired) electrons. The van der Waals surface area contributed by atoms with Gasteiger partial charge in [-0.15, -0.1) is 0 Å². The van der Waals surface area contributed by atoms with Crippen molar-refractivity contribution in [3.8, 4) is 5.75 Å². The monoisotopic (exact) mass is 299 g/mol. The van der Waals surface area contributed by atoms with Gasteiger partial charge >= 0.3 is 0 Å². The Morgan fingerprint density at radius 2 is 1.89 bits per heavy atom. The highest BCUT2D eigenvalue weighted by molar-refractivity contribution is 6.41. The van der Waals surface area contributed by atoms with Gasteiger partial charge in [-0.25, -0.2) is 4.98 Å². The van der Waals surface area contributed by atoms with Crippen LogP contribution in [0.25, 0.3) is 10.9 Å². The molecule has 0 amide bonds. The molecule has 0 saturated heterocycles. The second-order valence-corrected chi connectivity index (χ2v) is 4.32. The van der Waals surface area contributed by atoms with Gasteiger partial charge in [0.25, 0.3) is 0 Å². The van der Waals surface area contributed by atoms with Crippen LogP contribution in [-0.2, 0) is 0 Å². The molecule has 1 aromatic carbocycles. The Kier molecular flexibility index (Phi) is 5.58. The first-order valence-corrected chi connectivity index (χ1v) is 6.62. The number of carbonyl (C=O) groups excluding carboxylic acids is 1. The van der Waals surface area contributed by atoms with E-state index in [1.54, 1.807) is 13.2 Å². The molecule has 5 heteroatoms. The van der Waals surface area contributed by atoms with Gasteiger partial charge in [-0.1, -0.05) is 37.0 Å². The topological polar surface area (TPSA) is 39.2 Å². The molecular weight excluding hydrogens is 285 g/mol. The molecule has 3 nitrogen and oxygen atoms in total. The van der Waals surface area contributed by atoms with Gasteiger partial charge in [-0.2, -0.15) is 0 Å². The molecular formula is C14H15Cl2NO2. The number of ether oxygens (including phenoxy) is 1. The molecule has 1 aromatic heterocycles. The largest absolute Gasteiger partial charge is 0.496 e. The summed E-state index contributed by atoms with van der Waals surface area (Å²) in [6.07, 6.45) is 0.601. The first-order chi connectivity index (χ1) is 9.08. The summed E-state index contributed by atoms with van der Waals surface area (Å²) >= 11 is 12.0. The van der Waals surface area contributed by atoms with E-state index in [4.69, 9.17) is 27.9 Å². The molecule has 2 rings (SSSR count). The predicted octanol–water partition coefficient (Wildman–Crippen LogP) is 4.70. The zero-order chi connectivity index (χ0) is 14.6. The van der Waals surface area contributed by atoms with Crippen molar-refractivity contribution >= 4 is 40.4 Å². The van der Waals surface area contributed by atoms with Crippen LogP contribution in [0, 0.1) is 6.92 Å². The van der Waals surface area contributed by atoms with Crippen molar-refractivity contribution in [2.24, 2.45) is 0 Å². The molecule has 102 valence electrons. The van der Waals surface area contributed by atoms with Crippen LogP contribution in [0.1, 0.15) is 29.8 Å². The molecule has 0 aliphatic heterocycles. The molecule has 2 aromatic rings. The quantitative estimate of drug-likeness (QED) is 0.596. The lowest BCUT2D eigenvalue weighted by Crippen LogP contribution is -1.94. The van der Waals surface area contributed by atoms with Gasteiger partial charge < -0.3 is 4.74 Å². The highest BCUT2D eigenvalue weighted by Crippen LogP contribution is 2.33. The molecule has 0 spiro atoms. The molecule has 1 heterocycles. The van der Waals surface area contributed by atoms with Gasteiger partial charge in [0.15, 0.2) is 6.29 Å². The van der Waals surface area contributed by atoms with Crippen molar-refractivity contribution in [2.75, 3.05) is 7.11 Å². The Morgan fingerprint density at radius 3 is 2.42 bits per heavy atom. The fourth-order valence-corrected chi connectivity index (χ4v) is 2.23. The molecule has 0 fully saturated rings. The van der Waals surface area contributed by atoms with E-state index in [0.717, 1.165) is 5.56 Å². The first-order valence-electron chi connectivity index (χ1n) is 5.87. The van der Waals surface area contributed by atoms with Crippen molar-refractivity contribution in [1.82, 2.24) is 4.98 Å². The molecule has 19 heavy (non-hydrogen) atoms. The van der Waals surface area contributed by atoms with E-state index in [0.29, 0.717) is 28.0 Å². The minimum absolute atomic E-state index is 0.113. The summed E-state index contributed by atoms with van der Waals surface area (Å²) in [5.41, 5.74) is 1.77. The number of rotatable bonds is 2. The molecule has 0 saturated carbocycles. The number of pyridine rings is 1. The summed E-state index contributed by atoms with van der Waals surface area (Å²) in [7, 11) is 1.58. The summed E-state index contributed by atoms with van der Waals surface area (Å²) < 4.78 is 5.20. The van der Waals surface area contributed by atoms with Crippen molar-refractivity contribution in [1.29, 1.82) is 0 Å². The molecule has 0 bridgehead atoms. The van der Waals surface area contributed by atoms with E-state index in [1.165, 1.54) is 0 Å². The normalized spacial score (nSPS) is 9.79. The Labute approximate surface area is 122 Å². The third-order valence-corrected chi connectivity index (χ3v) is 3.24. The number of aryl methyl sites for hydroxylation is 1. The zero-order valence-electron chi connectivity index (χ0n) is 11.3. The van der Waals surface area contributed by atoms with Crippen LogP contribution in [0.15, 0.2) is 12.1 Å². The van der Waals surface area contributed by atoms with E-state index >= 15 is 0 Å². The average Bonchev–Trinajstić information content (AvgIpc) is 2.41. The van der Waals surface area contributed by atoms with Crippen LogP contribution < -0.4 is 4.74 Å². The van der Waals surface area contributed by atoms with Crippen molar-refractivity contribution in [3.05, 3.63) is 33.4 Å². The summed E-state index contributed by atoms with van der Waals surface area (Å²) in [4.78, 5) is 15.0. The Balaban J connectivity index is 0.000000861. The van der Waals surface area contributed by atoms with Crippen LogP contribution in [0.4, 0.5) is 0 Å². The molecule has 0 atom stereocenters. The van der Waals surface area contributed by atoms with Gasteiger partial charge in [-0.05, 0) is 24.6 Å². The van der Waals surface area contributed by atoms with Crippen molar-refractivity contribution in [2.45, 2.75) is 20.8 Å². The molecule has 0 N–H and O–H groups in total. The Morgan fingerprint density at radius 1 is 1.26 bits per heavy atom. The number of benzene rings is 1. The Bertz CT molecular complexity index is 612. The number of methoxy groups -OCH3 is 1. The summed E-state index contributed by atoms with van der Waals surface area (Å²) in [6, 6.07) is 3.57. The average molecular weight is 300 g/mol. The van der Waals surface area contributed by atoms with E-state index in [9.17, 15) is 4.79 Å². The number of carbonyl (C=O) groups is 1. The van der Waals surface area contributed by atoms with E-state index < -0.39 is 0 Å². The van der Waals surface area contributed by atoms with E-state index in [-0.39, 0.29) is 10.7 Å². The van der Waals surface area contributed by atoms with Gasteiger partial charge in [0.1, 0.15) is 10.9 Å². The summed E-state index contributed by atoms with van der Waals surface area (Å²) in [5.74, 6) is 0.695. The second kappa shape index (κ2) is 6.73. The highest BCUT2D eigenvalue weighted by Gasteiger charge is 2.13. The smallest absolute Gasteiger partial charge is 0.154 e. The number of hydrogen-bond donors (Lipinski definition) is 0.